The molecule has 0 amide bonds. The van der Waals surface area contributed by atoms with Gasteiger partial charge in [-0.25, -0.2) is 0 Å². The Morgan fingerprint density at radius 2 is 1.44 bits per heavy atom. The van der Waals surface area contributed by atoms with E-state index in [1.165, 1.54) is 29.6 Å². The van der Waals surface area contributed by atoms with E-state index in [0.29, 0.717) is 28.5 Å². The summed E-state index contributed by atoms with van der Waals surface area (Å²) >= 11 is 2.66. The number of ether oxygens (including phenoxy) is 2. The van der Waals surface area contributed by atoms with Crippen LogP contribution in [0.3, 0.4) is 0 Å². The van der Waals surface area contributed by atoms with Crippen molar-refractivity contribution in [1.29, 1.82) is 0 Å². The number of aryl methyl sites for hydroxylation is 1. The lowest BCUT2D eigenvalue weighted by molar-refractivity contribution is -0.141. The van der Waals surface area contributed by atoms with Crippen molar-refractivity contribution in [2.24, 2.45) is 5.92 Å². The highest BCUT2D eigenvalue weighted by atomic mass is 32.1. The summed E-state index contributed by atoms with van der Waals surface area (Å²) in [5.74, 6) is -1.72. The van der Waals surface area contributed by atoms with E-state index in [9.17, 15) is 19.2 Å². The van der Waals surface area contributed by atoms with Gasteiger partial charge < -0.3 is 25.0 Å². The van der Waals surface area contributed by atoms with Gasteiger partial charge in [0.15, 0.2) is 11.6 Å². The Morgan fingerprint density at radius 1 is 0.829 bits per heavy atom. The molecule has 4 rings (SSSR count). The molecule has 9 nitrogen and oxygen atoms in total. The van der Waals surface area contributed by atoms with Crippen molar-refractivity contribution in [3.05, 3.63) is 51.7 Å². The van der Waals surface area contributed by atoms with Crippen LogP contribution in [0, 0.1) is 5.92 Å². The zero-order chi connectivity index (χ0) is 29.7. The Bertz CT molecular complexity index is 1620. The Hall–Kier alpha value is -3.96. The molecule has 0 aliphatic carbocycles. The second kappa shape index (κ2) is 13.1. The summed E-state index contributed by atoms with van der Waals surface area (Å²) in [6.07, 6.45) is 1.23. The van der Waals surface area contributed by atoms with Crippen molar-refractivity contribution < 1.29 is 38.9 Å². The van der Waals surface area contributed by atoms with Crippen molar-refractivity contribution in [2.75, 3.05) is 26.1 Å². The van der Waals surface area contributed by atoms with E-state index in [2.05, 4.69) is 5.32 Å². The first-order chi connectivity index (χ1) is 19.6. The van der Waals surface area contributed by atoms with E-state index in [1.54, 1.807) is 20.3 Å². The number of aliphatic carboxylic acids is 2. The monoisotopic (exact) mass is 597 g/mol. The Labute approximate surface area is 244 Å². The number of ketones is 2. The summed E-state index contributed by atoms with van der Waals surface area (Å²) in [6, 6.07) is 11.4. The van der Waals surface area contributed by atoms with Crippen molar-refractivity contribution in [1.82, 2.24) is 0 Å². The van der Waals surface area contributed by atoms with Gasteiger partial charge in [-0.15, -0.1) is 22.7 Å². The molecule has 11 heteroatoms. The van der Waals surface area contributed by atoms with Crippen LogP contribution in [0.1, 0.15) is 57.5 Å². The van der Waals surface area contributed by atoms with Crippen molar-refractivity contribution in [3.8, 4) is 11.5 Å². The number of carboxylic acids is 2. The van der Waals surface area contributed by atoms with Gasteiger partial charge >= 0.3 is 11.9 Å². The number of carbonyl (C=O) groups is 4. The Morgan fingerprint density at radius 3 is 2.05 bits per heavy atom. The van der Waals surface area contributed by atoms with Crippen molar-refractivity contribution >= 4 is 72.0 Å². The Kier molecular flexibility index (Phi) is 9.61. The predicted octanol–water partition coefficient (Wildman–Crippen LogP) is 6.52. The minimum atomic E-state index is -0.993. The number of nitrogens with one attached hydrogen (secondary N) is 1. The molecular formula is C30H31NO8S2. The van der Waals surface area contributed by atoms with Gasteiger partial charge in [-0.1, -0.05) is 6.92 Å². The second-order valence-electron chi connectivity index (χ2n) is 9.73. The fraction of sp³-hybridized carbons (Fsp3) is 0.333. The molecule has 0 spiro atoms. The van der Waals surface area contributed by atoms with Gasteiger partial charge in [-0.05, 0) is 59.5 Å². The van der Waals surface area contributed by atoms with Crippen LogP contribution in [0.15, 0.2) is 36.4 Å². The highest BCUT2D eigenvalue weighted by Gasteiger charge is 2.20. The third-order valence-corrected chi connectivity index (χ3v) is 9.00. The molecule has 0 bridgehead atoms. The molecule has 0 saturated carbocycles. The summed E-state index contributed by atoms with van der Waals surface area (Å²) in [5.41, 5.74) is 1.79. The van der Waals surface area contributed by atoms with Crippen LogP contribution in [0.25, 0.3) is 20.2 Å². The number of fused-ring (bicyclic) bond motifs is 2. The molecule has 1 atom stereocenters. The van der Waals surface area contributed by atoms with E-state index in [-0.39, 0.29) is 30.8 Å². The largest absolute Gasteiger partial charge is 0.496 e. The maximum absolute atomic E-state index is 12.6. The molecule has 41 heavy (non-hydrogen) atoms. The molecule has 0 fully saturated rings. The fourth-order valence-corrected chi connectivity index (χ4v) is 6.52. The molecule has 4 aromatic rings. The van der Waals surface area contributed by atoms with Crippen LogP contribution in [-0.4, -0.2) is 54.5 Å². The van der Waals surface area contributed by atoms with Crippen molar-refractivity contribution in [3.63, 3.8) is 0 Å². The van der Waals surface area contributed by atoms with Crippen LogP contribution in [0.5, 0.6) is 11.5 Å². The van der Waals surface area contributed by atoms with Gasteiger partial charge in [0.2, 0.25) is 0 Å². The summed E-state index contributed by atoms with van der Waals surface area (Å²) < 4.78 is 13.0. The van der Waals surface area contributed by atoms with E-state index in [0.717, 1.165) is 43.6 Å². The number of hydrogen-bond donors (Lipinski definition) is 3. The molecule has 216 valence electrons. The first-order valence-electron chi connectivity index (χ1n) is 13.1. The summed E-state index contributed by atoms with van der Waals surface area (Å²) in [4.78, 5) is 48.0. The first-order valence-corrected chi connectivity index (χ1v) is 14.7. The highest BCUT2D eigenvalue weighted by Crippen LogP contribution is 2.36. The molecule has 2 heterocycles. The fourth-order valence-electron chi connectivity index (χ4n) is 4.46. The summed E-state index contributed by atoms with van der Waals surface area (Å²) in [5, 5.41) is 23.2. The lowest BCUT2D eigenvalue weighted by Crippen LogP contribution is -2.13. The molecule has 2 aromatic carbocycles. The van der Waals surface area contributed by atoms with Crippen LogP contribution < -0.4 is 14.8 Å². The molecule has 0 aliphatic heterocycles. The third kappa shape index (κ3) is 7.22. The van der Waals surface area contributed by atoms with E-state index < -0.39 is 17.9 Å². The number of carboxylic acid groups (broad SMARTS) is 2. The van der Waals surface area contributed by atoms with Gasteiger partial charge in [0.05, 0.1) is 42.0 Å². The summed E-state index contributed by atoms with van der Waals surface area (Å²) in [7, 11) is 3.19. The smallest absolute Gasteiger partial charge is 0.306 e. The Balaban J connectivity index is 1.43. The number of rotatable bonds is 15. The van der Waals surface area contributed by atoms with Gasteiger partial charge in [0, 0.05) is 34.9 Å². The average Bonchev–Trinajstić information content (AvgIpc) is 3.56. The number of carbonyl (C=O) groups excluding carboxylic acids is 2. The summed E-state index contributed by atoms with van der Waals surface area (Å²) in [6.45, 7) is 2.16. The number of methoxy groups -OCH3 is 2. The lowest BCUT2D eigenvalue weighted by atomic mass is 10.0. The highest BCUT2D eigenvalue weighted by molar-refractivity contribution is 7.21. The lowest BCUT2D eigenvalue weighted by Gasteiger charge is -2.13. The van der Waals surface area contributed by atoms with E-state index in [4.69, 9.17) is 19.7 Å². The van der Waals surface area contributed by atoms with Gasteiger partial charge in [-0.2, -0.15) is 0 Å². The third-order valence-electron chi connectivity index (χ3n) is 6.72. The first kappa shape index (κ1) is 30.0. The number of benzene rings is 2. The predicted molar refractivity (Wildman–Crippen MR) is 161 cm³/mol. The SMILES string of the molecule is COc1cc2sc(C(=O)CCC(=O)O)cc2cc1CCCNc1cc2cc(C(=O)C[C@H](C)C(=O)O)sc2cc1OC. The number of hydrogen-bond acceptors (Lipinski definition) is 9. The topological polar surface area (TPSA) is 139 Å². The van der Waals surface area contributed by atoms with Gasteiger partial charge in [0.25, 0.3) is 0 Å². The minimum absolute atomic E-state index is 0.0278. The van der Waals surface area contributed by atoms with E-state index >= 15 is 0 Å². The van der Waals surface area contributed by atoms with Crippen LogP contribution in [-0.2, 0) is 16.0 Å². The van der Waals surface area contributed by atoms with Crippen molar-refractivity contribution in [2.45, 2.75) is 39.0 Å². The van der Waals surface area contributed by atoms with Crippen LogP contribution >= 0.6 is 22.7 Å². The number of Topliss-reactive ketones (excluding diaryl/α,β-unsaturated/α-hetero) is 2. The molecule has 3 N–H and O–H groups in total. The molecular weight excluding hydrogens is 566 g/mol. The van der Waals surface area contributed by atoms with Gasteiger partial charge in [-0.3, -0.25) is 19.2 Å². The minimum Gasteiger partial charge on any atom is -0.496 e. The molecule has 0 aliphatic rings. The zero-order valence-electron chi connectivity index (χ0n) is 22.9. The maximum Gasteiger partial charge on any atom is 0.306 e. The quantitative estimate of drug-likeness (QED) is 0.103. The average molecular weight is 598 g/mol. The zero-order valence-corrected chi connectivity index (χ0v) is 24.6. The molecule has 0 unspecified atom stereocenters. The van der Waals surface area contributed by atoms with Crippen LogP contribution in [0.2, 0.25) is 0 Å². The maximum atomic E-state index is 12.6. The normalized spacial score (nSPS) is 11.9. The second-order valence-corrected chi connectivity index (χ2v) is 11.9. The molecule has 0 saturated heterocycles. The van der Waals surface area contributed by atoms with Gasteiger partial charge in [0.1, 0.15) is 11.5 Å². The molecule has 0 radical (unpaired) electrons. The van der Waals surface area contributed by atoms with Crippen LogP contribution in [0.4, 0.5) is 5.69 Å². The standard InChI is InChI=1S/C30H31NO8S2/c1-16(30(36)37)9-22(33)28-13-19-11-20(24(39-3)15-26(19)41-28)31-8-4-5-17-10-18-12-27(21(32)6-7-29(34)35)40-25(18)14-23(17)38-2/h10-16,31H,4-9H2,1-3H3,(H,34,35)(H,36,37)/t16-/m0/s1. The molecule has 2 aromatic heterocycles. The number of thiophene rings is 2. The van der Waals surface area contributed by atoms with E-state index in [1.807, 2.05) is 30.3 Å². The number of anilines is 1.